The third-order valence-corrected chi connectivity index (χ3v) is 14.6. The first-order chi connectivity index (χ1) is 30.3. The molecule has 18 nitrogen and oxygen atoms in total. The molecule has 0 spiro atoms. The van der Waals surface area contributed by atoms with Crippen molar-refractivity contribution in [2.75, 3.05) is 47.5 Å². The summed E-state index contributed by atoms with van der Waals surface area (Å²) in [7, 11) is -4.31. The van der Waals surface area contributed by atoms with Crippen molar-refractivity contribution in [1.82, 2.24) is 9.97 Å². The maximum Gasteiger partial charge on any atom is 0.325 e. The van der Waals surface area contributed by atoms with Crippen molar-refractivity contribution >= 4 is 93.6 Å². The first-order valence-electron chi connectivity index (χ1n) is 18.6. The van der Waals surface area contributed by atoms with E-state index in [2.05, 4.69) is 31.2 Å². The molecular formula is C42H40N6O12S4. The average molecular weight is 949 g/mol. The minimum Gasteiger partial charge on any atom is -0.496 e. The molecule has 0 radical (unpaired) electrons. The van der Waals surface area contributed by atoms with Crippen LogP contribution in [-0.2, 0) is 24.5 Å². The van der Waals surface area contributed by atoms with Gasteiger partial charge in [-0.15, -0.1) is 0 Å². The van der Waals surface area contributed by atoms with Gasteiger partial charge in [0, 0.05) is 17.4 Å². The highest BCUT2D eigenvalue weighted by molar-refractivity contribution is 7.93. The number of benzene rings is 4. The van der Waals surface area contributed by atoms with E-state index in [1.165, 1.54) is 20.4 Å². The molecule has 4 aromatic carbocycles. The molecule has 334 valence electrons. The van der Waals surface area contributed by atoms with E-state index in [0.717, 1.165) is 34.9 Å². The fourth-order valence-electron chi connectivity index (χ4n) is 5.64. The van der Waals surface area contributed by atoms with Crippen molar-refractivity contribution < 1.29 is 55.4 Å². The lowest BCUT2D eigenvalue weighted by Gasteiger charge is -2.13. The highest BCUT2D eigenvalue weighted by atomic mass is 32.2. The summed E-state index contributed by atoms with van der Waals surface area (Å²) >= 11 is 1.54. The van der Waals surface area contributed by atoms with Crippen molar-refractivity contribution in [2.45, 2.75) is 28.7 Å². The fourth-order valence-corrected chi connectivity index (χ4v) is 9.67. The van der Waals surface area contributed by atoms with Gasteiger partial charge in [0.05, 0.1) is 61.3 Å². The second kappa shape index (κ2) is 20.9. The molecule has 5 N–H and O–H groups in total. The number of rotatable bonds is 15. The zero-order valence-electron chi connectivity index (χ0n) is 34.6. The smallest absolute Gasteiger partial charge is 0.325 e. The molecule has 0 unspecified atom stereocenters. The van der Waals surface area contributed by atoms with E-state index in [4.69, 9.17) is 14.6 Å². The predicted octanol–water partition coefficient (Wildman–Crippen LogP) is 7.32. The maximum absolute atomic E-state index is 13.2. The van der Waals surface area contributed by atoms with Gasteiger partial charge in [-0.05, 0) is 62.4 Å². The zero-order valence-corrected chi connectivity index (χ0v) is 37.9. The molecule has 0 fully saturated rings. The van der Waals surface area contributed by atoms with Crippen molar-refractivity contribution in [3.63, 3.8) is 0 Å². The van der Waals surface area contributed by atoms with Crippen LogP contribution in [0.25, 0.3) is 0 Å². The number of methoxy groups -OCH3 is 2. The van der Waals surface area contributed by atoms with Crippen molar-refractivity contribution in [3.8, 4) is 11.5 Å². The Morgan fingerprint density at radius 3 is 1.44 bits per heavy atom. The summed E-state index contributed by atoms with van der Waals surface area (Å²) < 4.78 is 57.9. The van der Waals surface area contributed by atoms with Crippen LogP contribution in [0.5, 0.6) is 11.5 Å². The van der Waals surface area contributed by atoms with Crippen LogP contribution in [0.15, 0.2) is 106 Å². The van der Waals surface area contributed by atoms with E-state index < -0.39 is 49.9 Å². The second-order valence-electron chi connectivity index (χ2n) is 13.5. The van der Waals surface area contributed by atoms with Crippen molar-refractivity contribution in [3.05, 3.63) is 131 Å². The molecule has 0 aliphatic rings. The summed E-state index contributed by atoms with van der Waals surface area (Å²) in [6.45, 7) is 3.65. The number of carboxylic acids is 1. The predicted molar refractivity (Wildman–Crippen MR) is 242 cm³/mol. The molecule has 0 bridgehead atoms. The number of ether oxygens (including phenoxy) is 2. The summed E-state index contributed by atoms with van der Waals surface area (Å²) in [5, 5.41) is 18.9. The van der Waals surface area contributed by atoms with Crippen LogP contribution < -0.4 is 30.7 Å². The molecule has 0 atom stereocenters. The van der Waals surface area contributed by atoms with Crippen LogP contribution in [0.3, 0.4) is 0 Å². The number of urea groups is 2. The Hall–Kier alpha value is -7.01. The summed E-state index contributed by atoms with van der Waals surface area (Å²) in [5.41, 5.74) is 3.43. The summed E-state index contributed by atoms with van der Waals surface area (Å²) in [5.74, 6) is -1.65. The highest BCUT2D eigenvalue weighted by Crippen LogP contribution is 2.30. The maximum atomic E-state index is 13.2. The average Bonchev–Trinajstić information content (AvgIpc) is 3.95. The first kappa shape index (κ1) is 48.0. The van der Waals surface area contributed by atoms with E-state index in [9.17, 15) is 40.8 Å². The SMILES string of the molecule is COc1ccccc1C(=O)c1cc(C)ccc1NC(=O)Nc1ncc(S(=O)(=O)CCC(=O)O)s1.COc1ccccc1C(=O)c1cc(C)ccc1NC(=O)Nc1ncc(S(C)(=O)=O)s1. The Labute approximate surface area is 375 Å². The molecule has 0 aliphatic heterocycles. The molecule has 2 heterocycles. The standard InChI is InChI=1S/C22H21N3O7S2.C20H19N3O5S2/c1-13-7-8-16(15(11-13)20(28)14-5-3-4-6-17(14)32-2)24-21(29)25-22-23-12-19(33-22)34(30,31)10-9-18(26)27;1-12-8-9-15(14(10-12)18(24)13-6-4-5-7-16(13)28-2)22-19(25)23-20-21-11-17(29-20)30(3,26)27/h3-8,11-12H,9-10H2,1-2H3,(H,26,27)(H2,23,24,25,29);4-11H,1-3H3,(H2,21,22,23,25). The Bertz CT molecular complexity index is 2970. The lowest BCUT2D eigenvalue weighted by Crippen LogP contribution is -2.21. The number of para-hydroxylation sites is 2. The van der Waals surface area contributed by atoms with Gasteiger partial charge in [0.15, 0.2) is 41.5 Å². The Morgan fingerprint density at radius 1 is 0.609 bits per heavy atom. The quantitative estimate of drug-likeness (QED) is 0.0632. The first-order valence-corrected chi connectivity index (χ1v) is 23.8. The van der Waals surface area contributed by atoms with Crippen LogP contribution in [0, 0.1) is 13.8 Å². The van der Waals surface area contributed by atoms with Gasteiger partial charge in [-0.1, -0.05) is 70.2 Å². The number of hydrogen-bond donors (Lipinski definition) is 5. The number of sulfone groups is 2. The number of aryl methyl sites for hydroxylation is 2. The van der Waals surface area contributed by atoms with Gasteiger partial charge in [0.1, 0.15) is 19.9 Å². The number of anilines is 4. The molecule has 4 amide bonds. The van der Waals surface area contributed by atoms with Crippen LogP contribution in [0.1, 0.15) is 49.4 Å². The summed E-state index contributed by atoms with van der Waals surface area (Å²) in [4.78, 5) is 69.7. The number of ketones is 2. The summed E-state index contributed by atoms with van der Waals surface area (Å²) in [6.07, 6.45) is 2.75. The number of nitrogens with one attached hydrogen (secondary N) is 4. The minimum absolute atomic E-state index is 0.00360. The number of amides is 4. The molecule has 6 rings (SSSR count). The number of carboxylic acid groups (broad SMARTS) is 1. The molecule has 0 saturated heterocycles. The second-order valence-corrected chi connectivity index (χ2v) is 20.2. The van der Waals surface area contributed by atoms with Gasteiger partial charge in [0.2, 0.25) is 0 Å². The third kappa shape index (κ3) is 12.6. The number of hydrogen-bond acceptors (Lipinski definition) is 15. The van der Waals surface area contributed by atoms with Crippen molar-refractivity contribution in [1.29, 1.82) is 0 Å². The third-order valence-electron chi connectivity index (χ3n) is 8.71. The zero-order chi connectivity index (χ0) is 46.8. The summed E-state index contributed by atoms with van der Waals surface area (Å²) in [6, 6.07) is 22.2. The molecule has 0 saturated carbocycles. The normalized spacial score (nSPS) is 11.0. The van der Waals surface area contributed by atoms with Gasteiger partial charge >= 0.3 is 18.0 Å². The van der Waals surface area contributed by atoms with E-state index in [-0.39, 0.29) is 41.5 Å². The van der Waals surface area contributed by atoms with E-state index in [1.807, 2.05) is 13.8 Å². The monoisotopic (exact) mass is 948 g/mol. The number of carbonyl (C=O) groups is 5. The van der Waals surface area contributed by atoms with Gasteiger partial charge < -0.3 is 25.2 Å². The van der Waals surface area contributed by atoms with Gasteiger partial charge in [-0.3, -0.25) is 25.0 Å². The van der Waals surface area contributed by atoms with Crippen molar-refractivity contribution in [2.24, 2.45) is 0 Å². The molecule has 2 aromatic heterocycles. The van der Waals surface area contributed by atoms with Crippen LogP contribution in [0.4, 0.5) is 31.2 Å². The topological polar surface area (TPSA) is 266 Å². The Balaban J connectivity index is 0.000000243. The lowest BCUT2D eigenvalue weighted by molar-refractivity contribution is -0.136. The number of thiazole rings is 2. The Kier molecular flexibility index (Phi) is 15.7. The van der Waals surface area contributed by atoms with Gasteiger partial charge in [-0.25, -0.2) is 36.4 Å². The van der Waals surface area contributed by atoms with Crippen LogP contribution in [0.2, 0.25) is 0 Å². The number of aliphatic carboxylic acids is 1. The van der Waals surface area contributed by atoms with Gasteiger partial charge in [-0.2, -0.15) is 0 Å². The van der Waals surface area contributed by atoms with Crippen LogP contribution >= 0.6 is 22.7 Å². The number of carbonyl (C=O) groups excluding carboxylic acids is 4. The highest BCUT2D eigenvalue weighted by Gasteiger charge is 2.23. The molecular weight excluding hydrogens is 909 g/mol. The van der Waals surface area contributed by atoms with E-state index >= 15 is 0 Å². The lowest BCUT2D eigenvalue weighted by atomic mass is 9.99. The van der Waals surface area contributed by atoms with Gasteiger partial charge in [0.25, 0.3) is 0 Å². The Morgan fingerprint density at radius 2 is 1.03 bits per heavy atom. The molecule has 22 heteroatoms. The number of nitrogens with zero attached hydrogens (tertiary/aromatic N) is 2. The number of aromatic nitrogens is 2. The van der Waals surface area contributed by atoms with E-state index in [1.54, 1.807) is 84.9 Å². The molecule has 64 heavy (non-hydrogen) atoms. The molecule has 0 aliphatic carbocycles. The minimum atomic E-state index is -3.84. The van der Waals surface area contributed by atoms with E-state index in [0.29, 0.717) is 45.2 Å². The van der Waals surface area contributed by atoms with Crippen LogP contribution in [-0.4, -0.2) is 87.7 Å². The largest absolute Gasteiger partial charge is 0.496 e. The molecule has 6 aromatic rings. The fraction of sp³-hybridized carbons (Fsp3) is 0.167.